The van der Waals surface area contributed by atoms with Crippen LogP contribution in [0.4, 0.5) is 10.1 Å². The zero-order chi connectivity index (χ0) is 21.0. The van der Waals surface area contributed by atoms with Crippen LogP contribution in [0.2, 0.25) is 0 Å². The topological polar surface area (TPSA) is 60.3 Å². The third-order valence-corrected chi connectivity index (χ3v) is 5.25. The van der Waals surface area contributed by atoms with Gasteiger partial charge in [0.25, 0.3) is 5.91 Å². The highest BCUT2D eigenvalue weighted by atomic mass is 32.2. The summed E-state index contributed by atoms with van der Waals surface area (Å²) in [6.45, 7) is 3.24. The van der Waals surface area contributed by atoms with Gasteiger partial charge in [-0.25, -0.2) is 9.18 Å². The van der Waals surface area contributed by atoms with Gasteiger partial charge in [0.2, 0.25) is 0 Å². The van der Waals surface area contributed by atoms with Gasteiger partial charge in [0.15, 0.2) is 6.61 Å². The van der Waals surface area contributed by atoms with Gasteiger partial charge in [0.05, 0.1) is 11.3 Å². The largest absolute Gasteiger partial charge is 0.452 e. The van der Waals surface area contributed by atoms with Crippen molar-refractivity contribution in [1.82, 2.24) is 4.57 Å². The van der Waals surface area contributed by atoms with E-state index in [4.69, 9.17) is 4.74 Å². The Hall–Kier alpha value is -3.06. The fourth-order valence-electron chi connectivity index (χ4n) is 3.10. The number of nitrogens with zero attached hydrogens (tertiary/aromatic N) is 1. The Kier molecular flexibility index (Phi) is 6.39. The lowest BCUT2D eigenvalue weighted by Gasteiger charge is -2.11. The lowest BCUT2D eigenvalue weighted by Crippen LogP contribution is -2.21. The van der Waals surface area contributed by atoms with Crippen molar-refractivity contribution in [3.63, 3.8) is 0 Å². The SMILES string of the molecule is CSc1ccccc1NC(=O)COC(=O)c1cc(C)n(-c2ccc(F)cc2)c1C. The minimum atomic E-state index is -0.584. The molecule has 150 valence electrons. The van der Waals surface area contributed by atoms with Crippen LogP contribution >= 0.6 is 11.8 Å². The molecule has 0 saturated carbocycles. The van der Waals surface area contributed by atoms with Crippen molar-refractivity contribution in [3.05, 3.63) is 77.4 Å². The minimum Gasteiger partial charge on any atom is -0.452 e. The predicted molar refractivity (Wildman–Crippen MR) is 112 cm³/mol. The highest BCUT2D eigenvalue weighted by Crippen LogP contribution is 2.25. The number of aromatic nitrogens is 1. The molecule has 29 heavy (non-hydrogen) atoms. The molecule has 0 saturated heterocycles. The quantitative estimate of drug-likeness (QED) is 0.469. The van der Waals surface area contributed by atoms with E-state index in [-0.39, 0.29) is 12.4 Å². The van der Waals surface area contributed by atoms with E-state index < -0.39 is 11.9 Å². The van der Waals surface area contributed by atoms with Crippen molar-refractivity contribution in [2.45, 2.75) is 18.7 Å². The third-order valence-electron chi connectivity index (χ3n) is 4.45. The van der Waals surface area contributed by atoms with Crippen LogP contribution in [0.1, 0.15) is 21.7 Å². The molecule has 0 spiro atoms. The van der Waals surface area contributed by atoms with Crippen molar-refractivity contribution < 1.29 is 18.7 Å². The molecule has 1 aromatic heterocycles. The summed E-state index contributed by atoms with van der Waals surface area (Å²) in [5.41, 5.74) is 3.25. The van der Waals surface area contributed by atoms with Crippen LogP contribution in [-0.4, -0.2) is 29.3 Å². The highest BCUT2D eigenvalue weighted by Gasteiger charge is 2.19. The molecule has 0 aliphatic carbocycles. The normalized spacial score (nSPS) is 10.6. The molecule has 3 rings (SSSR count). The number of benzene rings is 2. The summed E-state index contributed by atoms with van der Waals surface area (Å²) >= 11 is 1.52. The number of nitrogens with one attached hydrogen (secondary N) is 1. The number of aryl methyl sites for hydroxylation is 1. The van der Waals surface area contributed by atoms with E-state index in [1.54, 1.807) is 31.2 Å². The Morgan fingerprint density at radius 1 is 1.10 bits per heavy atom. The first-order chi connectivity index (χ1) is 13.9. The molecule has 0 bridgehead atoms. The van der Waals surface area contributed by atoms with Gasteiger partial charge in [-0.05, 0) is 62.6 Å². The van der Waals surface area contributed by atoms with Crippen molar-refractivity contribution in [2.75, 3.05) is 18.2 Å². The summed E-state index contributed by atoms with van der Waals surface area (Å²) in [4.78, 5) is 25.6. The molecule has 0 fully saturated rings. The maximum absolute atomic E-state index is 13.2. The van der Waals surface area contributed by atoms with Crippen LogP contribution < -0.4 is 5.32 Å². The van der Waals surface area contributed by atoms with Crippen molar-refractivity contribution >= 4 is 29.3 Å². The summed E-state index contributed by atoms with van der Waals surface area (Å²) in [7, 11) is 0. The highest BCUT2D eigenvalue weighted by molar-refractivity contribution is 7.98. The predicted octanol–water partition coefficient (Wildman–Crippen LogP) is 4.75. The zero-order valence-electron chi connectivity index (χ0n) is 16.4. The molecule has 0 aliphatic rings. The molecule has 0 radical (unpaired) electrons. The number of amides is 1. The molecule has 0 unspecified atom stereocenters. The van der Waals surface area contributed by atoms with Crippen LogP contribution in [0, 0.1) is 19.7 Å². The Balaban J connectivity index is 1.69. The van der Waals surface area contributed by atoms with Crippen LogP contribution in [0.15, 0.2) is 59.5 Å². The molecule has 1 heterocycles. The second kappa shape index (κ2) is 8.96. The number of hydrogen-bond donors (Lipinski definition) is 1. The maximum Gasteiger partial charge on any atom is 0.340 e. The molecule has 2 aromatic carbocycles. The number of thioether (sulfide) groups is 1. The van der Waals surface area contributed by atoms with Gasteiger partial charge in [0, 0.05) is 22.0 Å². The summed E-state index contributed by atoms with van der Waals surface area (Å²) in [6, 6.07) is 15.1. The van der Waals surface area contributed by atoms with Gasteiger partial charge in [-0.2, -0.15) is 0 Å². The number of rotatable bonds is 6. The Morgan fingerprint density at radius 2 is 1.79 bits per heavy atom. The van der Waals surface area contributed by atoms with Crippen molar-refractivity contribution in [3.8, 4) is 5.69 Å². The second-order valence-electron chi connectivity index (χ2n) is 6.42. The number of para-hydroxylation sites is 1. The van der Waals surface area contributed by atoms with Gasteiger partial charge < -0.3 is 14.6 Å². The maximum atomic E-state index is 13.2. The van der Waals surface area contributed by atoms with E-state index in [0.717, 1.165) is 16.3 Å². The molecule has 7 heteroatoms. The Labute approximate surface area is 172 Å². The fraction of sp³-hybridized carbons (Fsp3) is 0.182. The molecule has 5 nitrogen and oxygen atoms in total. The van der Waals surface area contributed by atoms with E-state index in [2.05, 4.69) is 5.32 Å². The molecule has 0 atom stereocenters. The van der Waals surface area contributed by atoms with Gasteiger partial charge in [0.1, 0.15) is 5.82 Å². The van der Waals surface area contributed by atoms with E-state index in [1.807, 2.05) is 35.9 Å². The number of carbonyl (C=O) groups is 2. The summed E-state index contributed by atoms with van der Waals surface area (Å²) < 4.78 is 20.2. The molecule has 1 N–H and O–H groups in total. The number of hydrogen-bond acceptors (Lipinski definition) is 4. The van der Waals surface area contributed by atoms with Crippen molar-refractivity contribution in [1.29, 1.82) is 0 Å². The Morgan fingerprint density at radius 3 is 2.48 bits per heavy atom. The van der Waals surface area contributed by atoms with E-state index in [9.17, 15) is 14.0 Å². The van der Waals surface area contributed by atoms with Crippen LogP contribution in [0.5, 0.6) is 0 Å². The standard InChI is InChI=1S/C22H21FN2O3S/c1-14-12-18(15(2)25(14)17-10-8-16(23)9-11-17)22(27)28-13-21(26)24-19-6-4-5-7-20(19)29-3/h4-12H,13H2,1-3H3,(H,24,26). The third kappa shape index (κ3) is 4.68. The van der Waals surface area contributed by atoms with Crippen LogP contribution in [0.25, 0.3) is 5.69 Å². The smallest absolute Gasteiger partial charge is 0.340 e. The zero-order valence-corrected chi connectivity index (χ0v) is 17.2. The fourth-order valence-corrected chi connectivity index (χ4v) is 3.65. The molecular weight excluding hydrogens is 391 g/mol. The average molecular weight is 412 g/mol. The first-order valence-electron chi connectivity index (χ1n) is 8.95. The average Bonchev–Trinajstić information content (AvgIpc) is 3.01. The number of halogens is 1. The van der Waals surface area contributed by atoms with E-state index in [0.29, 0.717) is 16.9 Å². The lowest BCUT2D eigenvalue weighted by molar-refractivity contribution is -0.119. The summed E-state index contributed by atoms with van der Waals surface area (Å²) in [5.74, 6) is -1.32. The molecular formula is C22H21FN2O3S. The summed E-state index contributed by atoms with van der Waals surface area (Å²) in [6.07, 6.45) is 1.92. The number of esters is 1. The summed E-state index contributed by atoms with van der Waals surface area (Å²) in [5, 5.41) is 2.75. The second-order valence-corrected chi connectivity index (χ2v) is 7.27. The van der Waals surface area contributed by atoms with Crippen molar-refractivity contribution in [2.24, 2.45) is 0 Å². The van der Waals surface area contributed by atoms with Crippen LogP contribution in [0.3, 0.4) is 0 Å². The van der Waals surface area contributed by atoms with Gasteiger partial charge in [-0.1, -0.05) is 12.1 Å². The monoisotopic (exact) mass is 412 g/mol. The van der Waals surface area contributed by atoms with Gasteiger partial charge >= 0.3 is 5.97 Å². The van der Waals surface area contributed by atoms with Gasteiger partial charge in [-0.3, -0.25) is 4.79 Å². The van der Waals surface area contributed by atoms with Gasteiger partial charge in [-0.15, -0.1) is 11.8 Å². The lowest BCUT2D eigenvalue weighted by atomic mass is 10.2. The Bertz CT molecular complexity index is 1040. The number of ether oxygens (including phenoxy) is 1. The number of carbonyl (C=O) groups excluding carboxylic acids is 2. The molecule has 0 aliphatic heterocycles. The first-order valence-corrected chi connectivity index (χ1v) is 10.2. The van der Waals surface area contributed by atoms with Crippen LogP contribution in [-0.2, 0) is 9.53 Å². The van der Waals surface area contributed by atoms with E-state index >= 15 is 0 Å². The molecule has 3 aromatic rings. The number of anilines is 1. The minimum absolute atomic E-state index is 0.329. The molecule has 1 amide bonds. The first kappa shape index (κ1) is 20.7. The van der Waals surface area contributed by atoms with E-state index in [1.165, 1.54) is 23.9 Å².